The van der Waals surface area contributed by atoms with Gasteiger partial charge in [0, 0.05) is 12.1 Å². The van der Waals surface area contributed by atoms with Gasteiger partial charge in [0.2, 0.25) is 0 Å². The van der Waals surface area contributed by atoms with Gasteiger partial charge in [0.25, 0.3) is 5.69 Å². The zero-order chi connectivity index (χ0) is 9.14. The van der Waals surface area contributed by atoms with E-state index >= 15 is 0 Å². The minimum Gasteiger partial charge on any atom is -0.258 e. The Labute approximate surface area is 69.7 Å². The Morgan fingerprint density at radius 2 is 2.00 bits per heavy atom. The Kier molecular flexibility index (Phi) is 2.39. The molecule has 5 nitrogen and oxygen atoms in total. The first-order chi connectivity index (χ1) is 5.61. The van der Waals surface area contributed by atoms with Crippen molar-refractivity contribution in [3.63, 3.8) is 0 Å². The Hall–Kier alpha value is -1.43. The van der Waals surface area contributed by atoms with E-state index in [9.17, 15) is 18.5 Å². The lowest BCUT2D eigenvalue weighted by Gasteiger charge is -1.90. The number of hydrogen-bond acceptors (Lipinski definition) is 4. The summed E-state index contributed by atoms with van der Waals surface area (Å²) in [5.41, 5.74) is -0.216. The number of nitro groups is 1. The molecule has 0 fully saturated rings. The van der Waals surface area contributed by atoms with Crippen LogP contribution in [-0.4, -0.2) is 13.3 Å². The van der Waals surface area contributed by atoms with Crippen molar-refractivity contribution in [3.8, 4) is 0 Å². The maximum absolute atomic E-state index is 10.4. The summed E-state index contributed by atoms with van der Waals surface area (Å²) >= 11 is 0. The molecule has 0 aromatic heterocycles. The van der Waals surface area contributed by atoms with Crippen molar-refractivity contribution >= 4 is 16.4 Å². The van der Waals surface area contributed by atoms with Gasteiger partial charge >= 0.3 is 0 Å². The number of hydrogen-bond donors (Lipinski definition) is 1. The van der Waals surface area contributed by atoms with Crippen molar-refractivity contribution in [2.45, 2.75) is 4.90 Å². The first-order valence-corrected chi connectivity index (χ1v) is 4.18. The molecule has 0 unspecified atom stereocenters. The first-order valence-electron chi connectivity index (χ1n) is 3.00. The SMILES string of the molecule is O=[N+]([O-])c1cccc([SH](=O)=O)c1. The van der Waals surface area contributed by atoms with Crippen LogP contribution in [0, 0.1) is 10.1 Å². The van der Waals surface area contributed by atoms with Crippen molar-refractivity contribution < 1.29 is 13.3 Å². The summed E-state index contributed by atoms with van der Waals surface area (Å²) in [6.07, 6.45) is 0. The zero-order valence-corrected chi connectivity index (χ0v) is 6.73. The minimum absolute atomic E-state index is 0.0424. The van der Waals surface area contributed by atoms with Gasteiger partial charge in [-0.15, -0.1) is 0 Å². The van der Waals surface area contributed by atoms with E-state index in [0.29, 0.717) is 0 Å². The Morgan fingerprint density at radius 1 is 1.33 bits per heavy atom. The van der Waals surface area contributed by atoms with Gasteiger partial charge in [0.05, 0.1) is 9.82 Å². The third kappa shape index (κ3) is 1.79. The largest absolute Gasteiger partial charge is 0.270 e. The van der Waals surface area contributed by atoms with Gasteiger partial charge in [0.1, 0.15) is 0 Å². The Bertz CT molecular complexity index is 377. The molecule has 0 saturated carbocycles. The maximum Gasteiger partial charge on any atom is 0.270 e. The van der Waals surface area contributed by atoms with Crippen molar-refractivity contribution in [2.24, 2.45) is 0 Å². The highest BCUT2D eigenvalue weighted by Crippen LogP contribution is 2.13. The quantitative estimate of drug-likeness (QED) is 0.417. The van der Waals surface area contributed by atoms with Crippen molar-refractivity contribution in [1.82, 2.24) is 0 Å². The molecule has 0 spiro atoms. The van der Waals surface area contributed by atoms with Gasteiger partial charge < -0.3 is 0 Å². The number of nitrogens with zero attached hydrogens (tertiary/aromatic N) is 1. The molecule has 0 aliphatic rings. The van der Waals surface area contributed by atoms with E-state index in [1.54, 1.807) is 0 Å². The van der Waals surface area contributed by atoms with Crippen LogP contribution in [0.3, 0.4) is 0 Å². The third-order valence-corrected chi connectivity index (χ3v) is 1.95. The Balaban J connectivity index is 3.21. The maximum atomic E-state index is 10.4. The van der Waals surface area contributed by atoms with Crippen LogP contribution in [0.2, 0.25) is 0 Å². The van der Waals surface area contributed by atoms with Gasteiger partial charge in [-0.25, -0.2) is 8.42 Å². The standard InChI is InChI=1S/C6H5NO4S/c8-7(9)5-2-1-3-6(4-5)12(10)11/h1-4,12H. The molecule has 0 atom stereocenters. The molecule has 12 heavy (non-hydrogen) atoms. The molecule has 0 aliphatic carbocycles. The predicted molar refractivity (Wildman–Crippen MR) is 41.7 cm³/mol. The average molecular weight is 187 g/mol. The summed E-state index contributed by atoms with van der Waals surface area (Å²) in [7, 11) is -2.74. The van der Waals surface area contributed by atoms with Gasteiger partial charge in [0.15, 0.2) is 10.7 Å². The summed E-state index contributed by atoms with van der Waals surface area (Å²) in [5, 5.41) is 10.2. The van der Waals surface area contributed by atoms with E-state index in [1.165, 1.54) is 18.2 Å². The molecule has 0 radical (unpaired) electrons. The third-order valence-electron chi connectivity index (χ3n) is 1.25. The summed E-state index contributed by atoms with van der Waals surface area (Å²) in [5.74, 6) is 0. The van der Waals surface area contributed by atoms with E-state index in [-0.39, 0.29) is 10.6 Å². The van der Waals surface area contributed by atoms with Crippen LogP contribution >= 0.6 is 0 Å². The second-order valence-corrected chi connectivity index (χ2v) is 3.06. The topological polar surface area (TPSA) is 77.3 Å². The average Bonchev–Trinajstić information content (AvgIpc) is 2.04. The van der Waals surface area contributed by atoms with E-state index in [4.69, 9.17) is 0 Å². The fraction of sp³-hybridized carbons (Fsp3) is 0. The van der Waals surface area contributed by atoms with Gasteiger partial charge in [-0.1, -0.05) is 6.07 Å². The van der Waals surface area contributed by atoms with Crippen LogP contribution < -0.4 is 0 Å². The van der Waals surface area contributed by atoms with Crippen molar-refractivity contribution in [2.75, 3.05) is 0 Å². The normalized spacial score (nSPS) is 10.1. The molecular formula is C6H5NO4S. The Morgan fingerprint density at radius 3 is 2.50 bits per heavy atom. The van der Waals surface area contributed by atoms with Crippen LogP contribution in [-0.2, 0) is 10.7 Å². The summed E-state index contributed by atoms with van der Waals surface area (Å²) < 4.78 is 20.8. The molecule has 0 aliphatic heterocycles. The highest BCUT2D eigenvalue weighted by molar-refractivity contribution is 7.72. The number of rotatable bonds is 2. The van der Waals surface area contributed by atoms with Gasteiger partial charge in [-0.2, -0.15) is 0 Å². The molecular weight excluding hydrogens is 182 g/mol. The zero-order valence-electron chi connectivity index (χ0n) is 5.84. The fourth-order valence-electron chi connectivity index (χ4n) is 0.720. The molecule has 0 bridgehead atoms. The minimum atomic E-state index is -2.74. The second-order valence-electron chi connectivity index (χ2n) is 2.03. The molecule has 0 N–H and O–H groups in total. The highest BCUT2D eigenvalue weighted by Gasteiger charge is 2.05. The van der Waals surface area contributed by atoms with E-state index in [1.807, 2.05) is 0 Å². The van der Waals surface area contributed by atoms with Crippen LogP contribution in [0.1, 0.15) is 0 Å². The molecule has 1 aromatic rings. The van der Waals surface area contributed by atoms with Crippen molar-refractivity contribution in [1.29, 1.82) is 0 Å². The number of nitro benzene ring substituents is 1. The van der Waals surface area contributed by atoms with Crippen LogP contribution in [0.25, 0.3) is 0 Å². The second kappa shape index (κ2) is 3.31. The lowest BCUT2D eigenvalue weighted by molar-refractivity contribution is -0.385. The number of non-ortho nitro benzene ring substituents is 1. The first kappa shape index (κ1) is 8.66. The van der Waals surface area contributed by atoms with E-state index in [2.05, 4.69) is 0 Å². The van der Waals surface area contributed by atoms with Crippen molar-refractivity contribution in [3.05, 3.63) is 34.4 Å². The molecule has 0 heterocycles. The lowest BCUT2D eigenvalue weighted by Crippen LogP contribution is -1.88. The van der Waals surface area contributed by atoms with Gasteiger partial charge in [-0.3, -0.25) is 10.1 Å². The van der Waals surface area contributed by atoms with Crippen LogP contribution in [0.4, 0.5) is 5.69 Å². The van der Waals surface area contributed by atoms with Crippen LogP contribution in [0.5, 0.6) is 0 Å². The molecule has 64 valence electrons. The number of thiol groups is 1. The summed E-state index contributed by atoms with van der Waals surface area (Å²) in [6.45, 7) is 0. The van der Waals surface area contributed by atoms with E-state index in [0.717, 1.165) is 6.07 Å². The highest BCUT2D eigenvalue weighted by atomic mass is 32.2. The fourth-order valence-corrected chi connectivity index (χ4v) is 1.17. The molecule has 0 amide bonds. The molecule has 1 rings (SSSR count). The number of benzene rings is 1. The smallest absolute Gasteiger partial charge is 0.258 e. The molecule has 6 heteroatoms. The predicted octanol–water partition coefficient (Wildman–Crippen LogP) is 0.565. The van der Waals surface area contributed by atoms with E-state index < -0.39 is 15.6 Å². The van der Waals surface area contributed by atoms with Crippen LogP contribution in [0.15, 0.2) is 29.2 Å². The lowest BCUT2D eigenvalue weighted by atomic mass is 10.3. The summed E-state index contributed by atoms with van der Waals surface area (Å²) in [4.78, 5) is 9.51. The molecule has 0 saturated heterocycles. The monoisotopic (exact) mass is 187 g/mol. The summed E-state index contributed by atoms with van der Waals surface area (Å²) in [6, 6.07) is 4.89. The molecule has 1 aromatic carbocycles. The van der Waals surface area contributed by atoms with Gasteiger partial charge in [-0.05, 0) is 6.07 Å².